The van der Waals surface area contributed by atoms with E-state index in [1.54, 1.807) is 44.2 Å². The molecular formula is C43H50N3O10P. The minimum absolute atomic E-state index is 0.0399. The number of esters is 1. The maximum Gasteiger partial charge on any atom is 0.412 e. The Hall–Kier alpha value is -5.62. The lowest BCUT2D eigenvalue weighted by atomic mass is 9.92. The zero-order valence-electron chi connectivity index (χ0n) is 32.3. The number of rotatable bonds is 20. The van der Waals surface area contributed by atoms with Crippen molar-refractivity contribution in [2.45, 2.75) is 83.1 Å². The highest BCUT2D eigenvalue weighted by molar-refractivity contribution is 7.56. The Morgan fingerprint density at radius 3 is 1.82 bits per heavy atom. The molecule has 6 N–H and O–H groups in total. The summed E-state index contributed by atoms with van der Waals surface area (Å²) in [6, 6.07) is 27.0. The molecule has 0 heterocycles. The summed E-state index contributed by atoms with van der Waals surface area (Å²) in [5.74, 6) is -4.68. The maximum atomic E-state index is 14.8. The topological polar surface area (TPSA) is 211 Å². The third kappa shape index (κ3) is 12.7. The van der Waals surface area contributed by atoms with E-state index in [9.17, 15) is 38.5 Å². The van der Waals surface area contributed by atoms with Gasteiger partial charge in [0.05, 0.1) is 6.04 Å². The summed E-state index contributed by atoms with van der Waals surface area (Å²) in [6.45, 7) is 4.67. The Kier molecular flexibility index (Phi) is 15.9. The maximum absolute atomic E-state index is 14.8. The summed E-state index contributed by atoms with van der Waals surface area (Å²) < 4.78 is 25.6. The van der Waals surface area contributed by atoms with Crippen LogP contribution in [-0.2, 0) is 58.7 Å². The van der Waals surface area contributed by atoms with Crippen molar-refractivity contribution in [2.24, 2.45) is 11.7 Å². The number of hydrogen-bond acceptors (Lipinski definition) is 10. The molecule has 0 aliphatic rings. The third-order valence-electron chi connectivity index (χ3n) is 9.56. The SMILES string of the molecule is CC[C@H](C)[C@H](NC(C)=O)C(=O)N[C@@](Cc1ccc(OC(=O)CCc2ccccc2)cc1)(C(=O)[C@@H](N)Cc1ccc(O)cc1)P(=O)(O)OC(=O)CCc1ccccc1. The highest BCUT2D eigenvalue weighted by Gasteiger charge is 2.59. The molecule has 5 atom stereocenters. The van der Waals surface area contributed by atoms with Crippen molar-refractivity contribution < 1.29 is 47.8 Å². The van der Waals surface area contributed by atoms with Crippen LogP contribution in [0.15, 0.2) is 109 Å². The number of ether oxygens (including phenoxy) is 1. The molecule has 1 unspecified atom stereocenters. The number of nitrogens with two attached hydrogens (primary N) is 1. The second-order valence-electron chi connectivity index (χ2n) is 14.0. The average Bonchev–Trinajstić information content (AvgIpc) is 3.19. The Labute approximate surface area is 332 Å². The molecule has 4 aromatic rings. The van der Waals surface area contributed by atoms with Crippen LogP contribution in [0.1, 0.15) is 62.3 Å². The molecule has 0 saturated carbocycles. The Morgan fingerprint density at radius 2 is 1.30 bits per heavy atom. The van der Waals surface area contributed by atoms with Crippen molar-refractivity contribution in [1.82, 2.24) is 10.6 Å². The number of benzene rings is 4. The van der Waals surface area contributed by atoms with E-state index in [0.717, 1.165) is 11.1 Å². The molecule has 0 spiro atoms. The first-order valence-corrected chi connectivity index (χ1v) is 20.3. The van der Waals surface area contributed by atoms with Crippen LogP contribution in [0.25, 0.3) is 0 Å². The molecule has 2 amide bonds. The van der Waals surface area contributed by atoms with E-state index in [0.29, 0.717) is 18.4 Å². The zero-order chi connectivity index (χ0) is 41.6. The first kappa shape index (κ1) is 44.1. The predicted molar refractivity (Wildman–Crippen MR) is 214 cm³/mol. The summed E-state index contributed by atoms with van der Waals surface area (Å²) in [5, 5.41) is 12.0. The van der Waals surface area contributed by atoms with Gasteiger partial charge >= 0.3 is 19.5 Å². The molecule has 57 heavy (non-hydrogen) atoms. The van der Waals surface area contributed by atoms with Crippen molar-refractivity contribution in [3.05, 3.63) is 131 Å². The standard InChI is InChI=1S/C43H50N3O10P/c1-4-29(2)40(45-30(3)47)42(52)46-43(41(51)37(44)27-33-15-21-35(48)22-16-33,57(53,54)56-39(50)26-20-32-13-9-6-10-14-32)28-34-17-23-36(24-18-34)55-38(49)25-19-31-11-7-5-8-12-31/h5-18,21-24,29,37,40,48H,4,19-20,25-28,44H2,1-3H3,(H,45,47)(H,46,52)(H,53,54)/t29-,37-,40-,43+/m0/s1. The van der Waals surface area contributed by atoms with E-state index in [1.807, 2.05) is 30.3 Å². The van der Waals surface area contributed by atoms with Crippen molar-refractivity contribution >= 4 is 37.1 Å². The van der Waals surface area contributed by atoms with Gasteiger partial charge in [-0.2, -0.15) is 0 Å². The molecule has 302 valence electrons. The third-order valence-corrected chi connectivity index (χ3v) is 11.5. The number of hydrogen-bond donors (Lipinski definition) is 5. The molecular weight excluding hydrogens is 749 g/mol. The van der Waals surface area contributed by atoms with Crippen LogP contribution in [-0.4, -0.2) is 56.9 Å². The number of carbonyl (C=O) groups is 5. The van der Waals surface area contributed by atoms with Gasteiger partial charge in [-0.15, -0.1) is 0 Å². The number of nitrogens with one attached hydrogen (secondary N) is 2. The number of phenolic OH excluding ortho intramolecular Hbond substituents is 1. The Bertz CT molecular complexity index is 2030. The van der Waals surface area contributed by atoms with Crippen LogP contribution in [0.5, 0.6) is 11.5 Å². The normalized spacial score (nSPS) is 14.8. The van der Waals surface area contributed by atoms with Crippen molar-refractivity contribution in [3.63, 3.8) is 0 Å². The number of aromatic hydroxyl groups is 1. The lowest BCUT2D eigenvalue weighted by molar-refractivity contribution is -0.137. The predicted octanol–water partition coefficient (Wildman–Crippen LogP) is 5.34. The van der Waals surface area contributed by atoms with Gasteiger partial charge in [0.1, 0.15) is 17.5 Å². The van der Waals surface area contributed by atoms with Crippen molar-refractivity contribution in [2.75, 3.05) is 0 Å². The van der Waals surface area contributed by atoms with E-state index in [4.69, 9.17) is 15.0 Å². The first-order valence-electron chi connectivity index (χ1n) is 18.7. The number of aryl methyl sites for hydroxylation is 2. The minimum Gasteiger partial charge on any atom is -0.508 e. The summed E-state index contributed by atoms with van der Waals surface area (Å²) in [6.07, 6.45) is -0.124. The van der Waals surface area contributed by atoms with Gasteiger partial charge in [0.25, 0.3) is 0 Å². The number of amides is 2. The van der Waals surface area contributed by atoms with Gasteiger partial charge in [-0.3, -0.25) is 24.0 Å². The van der Waals surface area contributed by atoms with Crippen LogP contribution in [0.3, 0.4) is 0 Å². The molecule has 0 fully saturated rings. The summed E-state index contributed by atoms with van der Waals surface area (Å²) in [7, 11) is -5.59. The molecule has 4 rings (SSSR count). The van der Waals surface area contributed by atoms with Gasteiger partial charge in [0.2, 0.25) is 17.1 Å². The van der Waals surface area contributed by atoms with Gasteiger partial charge in [-0.1, -0.05) is 105 Å². The zero-order valence-corrected chi connectivity index (χ0v) is 33.2. The summed E-state index contributed by atoms with van der Waals surface area (Å²) in [4.78, 5) is 79.2. The Morgan fingerprint density at radius 1 is 0.772 bits per heavy atom. The van der Waals surface area contributed by atoms with Gasteiger partial charge in [0, 0.05) is 26.2 Å². The van der Waals surface area contributed by atoms with Gasteiger partial charge in [0.15, 0.2) is 5.78 Å². The average molecular weight is 800 g/mol. The van der Waals surface area contributed by atoms with E-state index < -0.39 is 66.8 Å². The molecule has 0 aliphatic carbocycles. The van der Waals surface area contributed by atoms with Gasteiger partial charge in [-0.25, -0.2) is 4.57 Å². The molecule has 0 bridgehead atoms. The van der Waals surface area contributed by atoms with Crippen molar-refractivity contribution in [1.29, 1.82) is 0 Å². The highest BCUT2D eigenvalue weighted by atomic mass is 31.2. The lowest BCUT2D eigenvalue weighted by Crippen LogP contribution is -2.64. The smallest absolute Gasteiger partial charge is 0.412 e. The van der Waals surface area contributed by atoms with E-state index in [-0.39, 0.29) is 42.7 Å². The van der Waals surface area contributed by atoms with Crippen LogP contribution in [0.4, 0.5) is 0 Å². The summed E-state index contributed by atoms with van der Waals surface area (Å²) >= 11 is 0. The largest absolute Gasteiger partial charge is 0.508 e. The quantitative estimate of drug-likeness (QED) is 0.0438. The molecule has 0 aliphatic heterocycles. The molecule has 14 heteroatoms. The van der Waals surface area contributed by atoms with Gasteiger partial charge < -0.3 is 35.6 Å². The van der Waals surface area contributed by atoms with Crippen LogP contribution < -0.4 is 21.1 Å². The molecule has 0 radical (unpaired) electrons. The summed E-state index contributed by atoms with van der Waals surface area (Å²) in [5.41, 5.74) is 8.89. The first-order chi connectivity index (χ1) is 27.1. The van der Waals surface area contributed by atoms with Crippen LogP contribution in [0, 0.1) is 5.92 Å². The van der Waals surface area contributed by atoms with Gasteiger partial charge in [-0.05, 0) is 71.7 Å². The van der Waals surface area contributed by atoms with E-state index >= 15 is 0 Å². The fourth-order valence-corrected chi connectivity index (χ4v) is 7.79. The fraction of sp³-hybridized carbons (Fsp3) is 0.326. The van der Waals surface area contributed by atoms with E-state index in [2.05, 4.69) is 10.6 Å². The molecule has 0 aromatic heterocycles. The second kappa shape index (κ2) is 20.5. The molecule has 4 aromatic carbocycles. The number of carbonyl (C=O) groups excluding carboxylic acids is 5. The lowest BCUT2D eigenvalue weighted by Gasteiger charge is -2.38. The van der Waals surface area contributed by atoms with Crippen molar-refractivity contribution in [3.8, 4) is 11.5 Å². The Balaban J connectivity index is 1.74. The van der Waals surface area contributed by atoms with Crippen LogP contribution >= 0.6 is 7.60 Å². The number of Topliss-reactive ketones (excluding diaryl/α,β-unsaturated/α-hetero) is 1. The number of ketones is 1. The highest BCUT2D eigenvalue weighted by Crippen LogP contribution is 2.57. The molecule has 0 saturated heterocycles. The fourth-order valence-electron chi connectivity index (χ4n) is 6.19. The van der Waals surface area contributed by atoms with E-state index in [1.165, 1.54) is 55.5 Å². The number of phenols is 1. The second-order valence-corrected chi connectivity index (χ2v) is 16.0. The van der Waals surface area contributed by atoms with Crippen LogP contribution in [0.2, 0.25) is 0 Å². The monoisotopic (exact) mass is 799 g/mol. The minimum atomic E-state index is -5.59. The molecule has 13 nitrogen and oxygen atoms in total.